The molecule has 0 fully saturated rings. The Bertz CT molecular complexity index is 474. The number of nitrogens with one attached hydrogen (secondary N) is 1. The van der Waals surface area contributed by atoms with Gasteiger partial charge in [0.05, 0.1) is 0 Å². The van der Waals surface area contributed by atoms with Crippen LogP contribution in [0, 0.1) is 0 Å². The lowest BCUT2D eigenvalue weighted by molar-refractivity contribution is -0.137. The van der Waals surface area contributed by atoms with Gasteiger partial charge in [0, 0.05) is 38.7 Å². The second kappa shape index (κ2) is 7.53. The van der Waals surface area contributed by atoms with Gasteiger partial charge in [0.1, 0.15) is 0 Å². The Morgan fingerprint density at radius 1 is 1.40 bits per heavy atom. The molecule has 20 heavy (non-hydrogen) atoms. The number of hydrogen-bond acceptors (Lipinski definition) is 3. The maximum atomic E-state index is 11.2. The largest absolute Gasteiger partial charge is 0.481 e. The molecule has 0 saturated carbocycles. The Labute approximate surface area is 119 Å². The molecule has 1 atom stereocenters. The molecule has 1 amide bonds. The van der Waals surface area contributed by atoms with E-state index in [1.165, 1.54) is 6.92 Å². The molecule has 5 heteroatoms. The van der Waals surface area contributed by atoms with Crippen LogP contribution in [0.4, 0.5) is 5.69 Å². The third kappa shape index (κ3) is 5.73. The number of benzene rings is 1. The van der Waals surface area contributed by atoms with Crippen molar-refractivity contribution in [2.45, 2.75) is 39.3 Å². The first-order chi connectivity index (χ1) is 9.38. The van der Waals surface area contributed by atoms with Crippen molar-refractivity contribution in [2.24, 2.45) is 0 Å². The number of aliphatic carboxylic acids is 1. The summed E-state index contributed by atoms with van der Waals surface area (Å²) < 4.78 is 0. The van der Waals surface area contributed by atoms with E-state index in [1.54, 1.807) is 11.9 Å². The second-order valence-corrected chi connectivity index (χ2v) is 5.05. The van der Waals surface area contributed by atoms with Crippen LogP contribution in [0.25, 0.3) is 0 Å². The molecule has 0 spiro atoms. The summed E-state index contributed by atoms with van der Waals surface area (Å²) in [6.45, 7) is 4.06. The van der Waals surface area contributed by atoms with Crippen LogP contribution in [0.15, 0.2) is 24.3 Å². The maximum Gasteiger partial charge on any atom is 0.303 e. The zero-order valence-corrected chi connectivity index (χ0v) is 12.2. The number of rotatable bonds is 7. The van der Waals surface area contributed by atoms with Crippen LogP contribution in [0.1, 0.15) is 32.3 Å². The molecular weight excluding hydrogens is 256 g/mol. The molecule has 2 N–H and O–H groups in total. The number of amides is 1. The molecule has 1 unspecified atom stereocenters. The van der Waals surface area contributed by atoms with Crippen molar-refractivity contribution in [2.75, 3.05) is 12.4 Å². The summed E-state index contributed by atoms with van der Waals surface area (Å²) in [4.78, 5) is 23.4. The van der Waals surface area contributed by atoms with E-state index in [4.69, 9.17) is 5.11 Å². The molecular formula is C15H22N2O3. The van der Waals surface area contributed by atoms with E-state index in [1.807, 2.05) is 31.2 Å². The van der Waals surface area contributed by atoms with Gasteiger partial charge in [-0.15, -0.1) is 0 Å². The molecule has 0 aromatic heterocycles. The first-order valence-electron chi connectivity index (χ1n) is 6.67. The molecule has 110 valence electrons. The van der Waals surface area contributed by atoms with E-state index in [-0.39, 0.29) is 18.4 Å². The molecule has 0 heterocycles. The summed E-state index contributed by atoms with van der Waals surface area (Å²) in [5.74, 6) is -0.756. The molecule has 0 aliphatic rings. The van der Waals surface area contributed by atoms with Crippen molar-refractivity contribution in [3.05, 3.63) is 29.8 Å². The Morgan fingerprint density at radius 3 is 2.70 bits per heavy atom. The fraction of sp³-hybridized carbons (Fsp3) is 0.467. The predicted molar refractivity (Wildman–Crippen MR) is 78.5 cm³/mol. The van der Waals surface area contributed by atoms with E-state index < -0.39 is 5.97 Å². The van der Waals surface area contributed by atoms with E-state index in [9.17, 15) is 9.59 Å². The summed E-state index contributed by atoms with van der Waals surface area (Å²) in [6.07, 6.45) is 0.730. The van der Waals surface area contributed by atoms with Gasteiger partial charge in [-0.05, 0) is 31.0 Å². The summed E-state index contributed by atoms with van der Waals surface area (Å²) in [7, 11) is 1.76. The molecule has 5 nitrogen and oxygen atoms in total. The second-order valence-electron chi connectivity index (χ2n) is 5.05. The lowest BCUT2D eigenvalue weighted by atomic mass is 10.1. The van der Waals surface area contributed by atoms with Crippen molar-refractivity contribution in [3.8, 4) is 0 Å². The first kappa shape index (κ1) is 16.0. The standard InChI is InChI=1S/C15H22N2O3/c1-11(7-8-15(19)20)16-14-6-4-5-13(9-14)10-17(3)12(2)18/h4-6,9,11,16H,7-8,10H2,1-3H3,(H,19,20). The van der Waals surface area contributed by atoms with Gasteiger partial charge in [0.2, 0.25) is 5.91 Å². The predicted octanol–water partition coefficient (Wildman–Crippen LogP) is 2.33. The van der Waals surface area contributed by atoms with Gasteiger partial charge >= 0.3 is 5.97 Å². The van der Waals surface area contributed by atoms with Crippen LogP contribution in [-0.4, -0.2) is 35.0 Å². The number of carboxylic acids is 1. The zero-order valence-electron chi connectivity index (χ0n) is 12.2. The lowest BCUT2D eigenvalue weighted by Gasteiger charge is -2.17. The fourth-order valence-corrected chi connectivity index (χ4v) is 1.84. The van der Waals surface area contributed by atoms with Crippen molar-refractivity contribution in [3.63, 3.8) is 0 Å². The van der Waals surface area contributed by atoms with Crippen molar-refractivity contribution >= 4 is 17.6 Å². The summed E-state index contributed by atoms with van der Waals surface area (Å²) >= 11 is 0. The number of hydrogen-bond donors (Lipinski definition) is 2. The highest BCUT2D eigenvalue weighted by atomic mass is 16.4. The van der Waals surface area contributed by atoms with Gasteiger partial charge in [-0.1, -0.05) is 12.1 Å². The topological polar surface area (TPSA) is 69.6 Å². The van der Waals surface area contributed by atoms with Crippen molar-refractivity contribution in [1.82, 2.24) is 4.90 Å². The van der Waals surface area contributed by atoms with Crippen LogP contribution in [-0.2, 0) is 16.1 Å². The fourth-order valence-electron chi connectivity index (χ4n) is 1.84. The minimum Gasteiger partial charge on any atom is -0.481 e. The third-order valence-corrected chi connectivity index (χ3v) is 3.09. The van der Waals surface area contributed by atoms with E-state index in [0.717, 1.165) is 11.3 Å². The molecule has 1 aromatic carbocycles. The number of carbonyl (C=O) groups is 2. The summed E-state index contributed by atoms with van der Waals surface area (Å²) in [5, 5.41) is 11.9. The van der Waals surface area contributed by atoms with Crippen LogP contribution in [0.3, 0.4) is 0 Å². The molecule has 0 saturated heterocycles. The minimum absolute atomic E-state index is 0.0261. The number of carboxylic acid groups (broad SMARTS) is 1. The lowest BCUT2D eigenvalue weighted by Crippen LogP contribution is -2.23. The average Bonchev–Trinajstić information content (AvgIpc) is 2.36. The zero-order chi connectivity index (χ0) is 15.1. The average molecular weight is 278 g/mol. The van der Waals surface area contributed by atoms with Crippen molar-refractivity contribution in [1.29, 1.82) is 0 Å². The molecule has 0 radical (unpaired) electrons. The van der Waals surface area contributed by atoms with E-state index in [2.05, 4.69) is 5.32 Å². The van der Waals surface area contributed by atoms with Gasteiger partial charge in [0.15, 0.2) is 0 Å². The van der Waals surface area contributed by atoms with Crippen LogP contribution in [0.5, 0.6) is 0 Å². The number of carbonyl (C=O) groups excluding carboxylic acids is 1. The smallest absolute Gasteiger partial charge is 0.303 e. The molecule has 0 bridgehead atoms. The van der Waals surface area contributed by atoms with E-state index in [0.29, 0.717) is 13.0 Å². The van der Waals surface area contributed by atoms with Gasteiger partial charge in [-0.3, -0.25) is 9.59 Å². The quantitative estimate of drug-likeness (QED) is 0.803. The van der Waals surface area contributed by atoms with Crippen molar-refractivity contribution < 1.29 is 14.7 Å². The Hall–Kier alpha value is -2.04. The highest BCUT2D eigenvalue weighted by molar-refractivity contribution is 5.72. The number of anilines is 1. The minimum atomic E-state index is -0.782. The Morgan fingerprint density at radius 2 is 2.10 bits per heavy atom. The van der Waals surface area contributed by atoms with Gasteiger partial charge in [-0.2, -0.15) is 0 Å². The number of nitrogens with zero attached hydrogens (tertiary/aromatic N) is 1. The van der Waals surface area contributed by atoms with Gasteiger partial charge in [0.25, 0.3) is 0 Å². The SMILES string of the molecule is CC(=O)N(C)Cc1cccc(NC(C)CCC(=O)O)c1. The Balaban J connectivity index is 2.59. The van der Waals surface area contributed by atoms with Crippen LogP contribution < -0.4 is 5.32 Å². The molecule has 1 aromatic rings. The van der Waals surface area contributed by atoms with Gasteiger partial charge < -0.3 is 15.3 Å². The molecule has 0 aliphatic heterocycles. The molecule has 1 rings (SSSR count). The monoisotopic (exact) mass is 278 g/mol. The van der Waals surface area contributed by atoms with Crippen LogP contribution >= 0.6 is 0 Å². The normalized spacial score (nSPS) is 11.8. The highest BCUT2D eigenvalue weighted by Gasteiger charge is 2.07. The summed E-state index contributed by atoms with van der Waals surface area (Å²) in [6, 6.07) is 7.90. The third-order valence-electron chi connectivity index (χ3n) is 3.09. The van der Waals surface area contributed by atoms with Crippen LogP contribution in [0.2, 0.25) is 0 Å². The Kier molecular flexibility index (Phi) is 6.03. The first-order valence-corrected chi connectivity index (χ1v) is 6.67. The molecule has 0 aliphatic carbocycles. The van der Waals surface area contributed by atoms with Gasteiger partial charge in [-0.25, -0.2) is 0 Å². The summed E-state index contributed by atoms with van der Waals surface area (Å²) in [5.41, 5.74) is 1.98. The van der Waals surface area contributed by atoms with E-state index >= 15 is 0 Å². The maximum absolute atomic E-state index is 11.2. The highest BCUT2D eigenvalue weighted by Crippen LogP contribution is 2.14.